The summed E-state index contributed by atoms with van der Waals surface area (Å²) in [4.78, 5) is 14.5. The van der Waals surface area contributed by atoms with Crippen molar-refractivity contribution in [3.8, 4) is 0 Å². The largest absolute Gasteiger partial charge is 0.416 e. The van der Waals surface area contributed by atoms with E-state index in [1.165, 1.54) is 12.1 Å². The Hall–Kier alpha value is -1.36. The Morgan fingerprint density at radius 2 is 1.62 bits per heavy atom. The molecule has 1 atom stereocenters. The second-order valence-electron chi connectivity index (χ2n) is 5.03. The summed E-state index contributed by atoms with van der Waals surface area (Å²) in [5, 5.41) is 0. The van der Waals surface area contributed by atoms with Crippen molar-refractivity contribution in [2.75, 3.05) is 19.6 Å². The van der Waals surface area contributed by atoms with E-state index in [0.29, 0.717) is 18.5 Å². The van der Waals surface area contributed by atoms with Gasteiger partial charge in [0, 0.05) is 18.0 Å². The zero-order chi connectivity index (χ0) is 16.0. The summed E-state index contributed by atoms with van der Waals surface area (Å²) in [5.41, 5.74) is -0.377. The van der Waals surface area contributed by atoms with E-state index in [4.69, 9.17) is 0 Å². The third-order valence-corrected chi connectivity index (χ3v) is 3.73. The molecule has 0 saturated heterocycles. The molecule has 0 aliphatic carbocycles. The lowest BCUT2D eigenvalue weighted by Gasteiger charge is -2.23. The van der Waals surface area contributed by atoms with Gasteiger partial charge in [-0.15, -0.1) is 0 Å². The van der Waals surface area contributed by atoms with Gasteiger partial charge in [-0.1, -0.05) is 32.9 Å². The standard InChI is InChI=1S/C16H22F3NO/c1-4-12(11-20(5-2)6-3)15(21)13-7-9-14(10-8-13)16(17,18)19/h7-10,12H,4-6,11H2,1-3H3. The lowest BCUT2D eigenvalue weighted by molar-refractivity contribution is -0.137. The minimum Gasteiger partial charge on any atom is -0.303 e. The third kappa shape index (κ3) is 4.84. The van der Waals surface area contributed by atoms with Gasteiger partial charge in [0.15, 0.2) is 5.78 Å². The molecule has 0 fully saturated rings. The normalized spacial score (nSPS) is 13.5. The second-order valence-corrected chi connectivity index (χ2v) is 5.03. The first kappa shape index (κ1) is 17.7. The molecule has 118 valence electrons. The lowest BCUT2D eigenvalue weighted by Crippen LogP contribution is -2.32. The molecule has 0 aliphatic heterocycles. The highest BCUT2D eigenvalue weighted by Crippen LogP contribution is 2.29. The summed E-state index contributed by atoms with van der Waals surface area (Å²) in [5.74, 6) is -0.264. The molecular formula is C16H22F3NO. The minimum atomic E-state index is -4.37. The molecule has 21 heavy (non-hydrogen) atoms. The monoisotopic (exact) mass is 301 g/mol. The molecule has 5 heteroatoms. The van der Waals surface area contributed by atoms with E-state index in [9.17, 15) is 18.0 Å². The van der Waals surface area contributed by atoms with Gasteiger partial charge in [-0.25, -0.2) is 0 Å². The molecule has 2 nitrogen and oxygen atoms in total. The van der Waals surface area contributed by atoms with Crippen LogP contribution in [0.4, 0.5) is 13.2 Å². The molecule has 0 spiro atoms. The zero-order valence-corrected chi connectivity index (χ0v) is 12.7. The Bertz CT molecular complexity index is 450. The quantitative estimate of drug-likeness (QED) is 0.701. The van der Waals surface area contributed by atoms with E-state index in [1.807, 2.05) is 20.8 Å². The van der Waals surface area contributed by atoms with Gasteiger partial charge in [0.05, 0.1) is 5.56 Å². The van der Waals surface area contributed by atoms with Crippen LogP contribution in [0.1, 0.15) is 43.1 Å². The Labute approximate surface area is 123 Å². The van der Waals surface area contributed by atoms with Crippen LogP contribution in [0.2, 0.25) is 0 Å². The van der Waals surface area contributed by atoms with Crippen molar-refractivity contribution in [3.63, 3.8) is 0 Å². The van der Waals surface area contributed by atoms with Gasteiger partial charge in [-0.3, -0.25) is 4.79 Å². The maximum absolute atomic E-state index is 12.5. The Kier molecular flexibility index (Phi) is 6.40. The number of hydrogen-bond donors (Lipinski definition) is 0. The van der Waals surface area contributed by atoms with Crippen molar-refractivity contribution in [2.45, 2.75) is 33.4 Å². The van der Waals surface area contributed by atoms with Gasteiger partial charge in [0.2, 0.25) is 0 Å². The molecule has 0 aromatic heterocycles. The average Bonchev–Trinajstić information content (AvgIpc) is 2.47. The highest BCUT2D eigenvalue weighted by atomic mass is 19.4. The molecular weight excluding hydrogens is 279 g/mol. The first-order valence-electron chi connectivity index (χ1n) is 7.27. The highest BCUT2D eigenvalue weighted by molar-refractivity contribution is 5.98. The van der Waals surface area contributed by atoms with Crippen molar-refractivity contribution >= 4 is 5.78 Å². The van der Waals surface area contributed by atoms with E-state index in [-0.39, 0.29) is 11.7 Å². The molecule has 0 amide bonds. The summed E-state index contributed by atoms with van der Waals surface area (Å²) in [6.45, 7) is 8.33. The van der Waals surface area contributed by atoms with E-state index in [0.717, 1.165) is 25.2 Å². The summed E-state index contributed by atoms with van der Waals surface area (Å²) in [6.07, 6.45) is -3.69. The molecule has 0 aliphatic rings. The Morgan fingerprint density at radius 3 is 2.00 bits per heavy atom. The van der Waals surface area contributed by atoms with Crippen LogP contribution in [-0.2, 0) is 6.18 Å². The van der Waals surface area contributed by atoms with Crippen LogP contribution >= 0.6 is 0 Å². The number of carbonyl (C=O) groups excluding carboxylic acids is 1. The molecule has 1 rings (SSSR count). The fourth-order valence-electron chi connectivity index (χ4n) is 2.25. The number of nitrogens with zero attached hydrogens (tertiary/aromatic N) is 1. The third-order valence-electron chi connectivity index (χ3n) is 3.73. The van der Waals surface area contributed by atoms with Gasteiger partial charge in [-0.2, -0.15) is 13.2 Å². The Morgan fingerprint density at radius 1 is 1.10 bits per heavy atom. The first-order valence-corrected chi connectivity index (χ1v) is 7.27. The smallest absolute Gasteiger partial charge is 0.303 e. The fourth-order valence-corrected chi connectivity index (χ4v) is 2.25. The topological polar surface area (TPSA) is 20.3 Å². The molecule has 0 radical (unpaired) electrons. The van der Waals surface area contributed by atoms with Crippen LogP contribution in [0, 0.1) is 5.92 Å². The number of hydrogen-bond acceptors (Lipinski definition) is 2. The maximum atomic E-state index is 12.5. The number of halogens is 3. The molecule has 0 saturated carbocycles. The van der Waals surface area contributed by atoms with Crippen molar-refractivity contribution in [1.82, 2.24) is 4.90 Å². The van der Waals surface area contributed by atoms with Crippen molar-refractivity contribution < 1.29 is 18.0 Å². The molecule has 0 heterocycles. The van der Waals surface area contributed by atoms with Crippen LogP contribution in [0.5, 0.6) is 0 Å². The maximum Gasteiger partial charge on any atom is 0.416 e. The molecule has 0 N–H and O–H groups in total. The summed E-state index contributed by atoms with van der Waals surface area (Å²) >= 11 is 0. The predicted octanol–water partition coefficient (Wildman–Crippen LogP) is 4.26. The number of ketones is 1. The molecule has 1 aromatic rings. The van der Waals surface area contributed by atoms with E-state index in [1.54, 1.807) is 0 Å². The van der Waals surface area contributed by atoms with Crippen molar-refractivity contribution in [2.24, 2.45) is 5.92 Å². The van der Waals surface area contributed by atoms with Gasteiger partial charge >= 0.3 is 6.18 Å². The van der Waals surface area contributed by atoms with Crippen LogP contribution in [-0.4, -0.2) is 30.3 Å². The van der Waals surface area contributed by atoms with Crippen molar-refractivity contribution in [1.29, 1.82) is 0 Å². The second kappa shape index (κ2) is 7.59. The number of Topliss-reactive ketones (excluding diaryl/α,β-unsaturated/α-hetero) is 1. The average molecular weight is 301 g/mol. The number of carbonyl (C=O) groups is 1. The number of rotatable bonds is 7. The SMILES string of the molecule is CCC(CN(CC)CC)C(=O)c1ccc(C(F)(F)F)cc1. The number of alkyl halides is 3. The minimum absolute atomic E-state index is 0.0851. The number of benzene rings is 1. The summed E-state index contributed by atoms with van der Waals surface area (Å²) in [6, 6.07) is 4.49. The summed E-state index contributed by atoms with van der Waals surface area (Å²) < 4.78 is 37.6. The summed E-state index contributed by atoms with van der Waals surface area (Å²) in [7, 11) is 0. The van der Waals surface area contributed by atoms with Gasteiger partial charge < -0.3 is 4.90 Å². The Balaban J connectivity index is 2.85. The van der Waals surface area contributed by atoms with Crippen LogP contribution in [0.25, 0.3) is 0 Å². The van der Waals surface area contributed by atoms with Crippen molar-refractivity contribution in [3.05, 3.63) is 35.4 Å². The fraction of sp³-hybridized carbons (Fsp3) is 0.562. The van der Waals surface area contributed by atoms with Crippen LogP contribution in [0.3, 0.4) is 0 Å². The predicted molar refractivity (Wildman–Crippen MR) is 77.3 cm³/mol. The van der Waals surface area contributed by atoms with E-state index >= 15 is 0 Å². The molecule has 0 bridgehead atoms. The van der Waals surface area contributed by atoms with Crippen LogP contribution in [0.15, 0.2) is 24.3 Å². The highest BCUT2D eigenvalue weighted by Gasteiger charge is 2.30. The van der Waals surface area contributed by atoms with E-state index < -0.39 is 11.7 Å². The van der Waals surface area contributed by atoms with Gasteiger partial charge in [-0.05, 0) is 31.6 Å². The molecule has 1 unspecified atom stereocenters. The van der Waals surface area contributed by atoms with Crippen LogP contribution < -0.4 is 0 Å². The zero-order valence-electron chi connectivity index (χ0n) is 12.7. The lowest BCUT2D eigenvalue weighted by atomic mass is 9.94. The van der Waals surface area contributed by atoms with Gasteiger partial charge in [0.25, 0.3) is 0 Å². The van der Waals surface area contributed by atoms with E-state index in [2.05, 4.69) is 4.90 Å². The first-order chi connectivity index (χ1) is 9.83. The van der Waals surface area contributed by atoms with Gasteiger partial charge in [0.1, 0.15) is 0 Å². The molecule has 1 aromatic carbocycles.